The summed E-state index contributed by atoms with van der Waals surface area (Å²) in [5, 5.41) is 0. The van der Waals surface area contributed by atoms with Gasteiger partial charge in [0, 0.05) is 17.7 Å². The van der Waals surface area contributed by atoms with Crippen LogP contribution in [0.15, 0.2) is 33.6 Å². The first-order chi connectivity index (χ1) is 9.08. The van der Waals surface area contributed by atoms with Crippen LogP contribution in [-0.2, 0) is 19.0 Å². The summed E-state index contributed by atoms with van der Waals surface area (Å²) >= 11 is 3.28. The van der Waals surface area contributed by atoms with Gasteiger partial charge in [-0.15, -0.1) is 0 Å². The first kappa shape index (κ1) is 15.0. The van der Waals surface area contributed by atoms with E-state index in [1.165, 1.54) is 0 Å². The molecular weight excluding hydrogens is 332 g/mol. The molecule has 0 saturated carbocycles. The predicted molar refractivity (Wildman–Crippen MR) is 75.5 cm³/mol. The molecule has 19 heavy (non-hydrogen) atoms. The van der Waals surface area contributed by atoms with Gasteiger partial charge >= 0.3 is 0 Å². The topological polar surface area (TPSA) is 52.6 Å². The minimum Gasteiger partial charge on any atom is -0.381 e. The van der Waals surface area contributed by atoms with Gasteiger partial charge in [0.2, 0.25) is 0 Å². The van der Waals surface area contributed by atoms with Gasteiger partial charge in [0.15, 0.2) is 0 Å². The Morgan fingerprint density at radius 1 is 1.11 bits per heavy atom. The Balaban J connectivity index is 2.05. The maximum atomic E-state index is 12.1. The Labute approximate surface area is 122 Å². The maximum absolute atomic E-state index is 12.1. The highest BCUT2D eigenvalue weighted by Gasteiger charge is 2.22. The van der Waals surface area contributed by atoms with Gasteiger partial charge in [0.25, 0.3) is 10.1 Å². The summed E-state index contributed by atoms with van der Waals surface area (Å²) in [6, 6.07) is 6.46. The highest BCUT2D eigenvalue weighted by atomic mass is 79.9. The lowest BCUT2D eigenvalue weighted by atomic mass is 10.1. The van der Waals surface area contributed by atoms with E-state index in [1.807, 2.05) is 0 Å². The van der Waals surface area contributed by atoms with Crippen LogP contribution >= 0.6 is 15.9 Å². The molecule has 0 N–H and O–H groups in total. The Morgan fingerprint density at radius 2 is 1.84 bits per heavy atom. The van der Waals surface area contributed by atoms with Crippen molar-refractivity contribution in [1.29, 1.82) is 0 Å². The molecular formula is C13H17BrO4S. The van der Waals surface area contributed by atoms with Crippen LogP contribution in [0.5, 0.6) is 0 Å². The van der Waals surface area contributed by atoms with Gasteiger partial charge in [0.1, 0.15) is 0 Å². The maximum Gasteiger partial charge on any atom is 0.297 e. The Morgan fingerprint density at radius 3 is 2.58 bits per heavy atom. The number of halogens is 1. The zero-order chi connectivity index (χ0) is 13.7. The van der Waals surface area contributed by atoms with Crippen molar-refractivity contribution in [3.05, 3.63) is 28.7 Å². The second-order valence-corrected chi connectivity index (χ2v) is 7.01. The monoisotopic (exact) mass is 348 g/mol. The summed E-state index contributed by atoms with van der Waals surface area (Å²) in [6.07, 6.45) is 2.99. The van der Waals surface area contributed by atoms with E-state index in [0.29, 0.717) is 13.0 Å². The van der Waals surface area contributed by atoms with Crippen molar-refractivity contribution in [2.75, 3.05) is 13.2 Å². The molecule has 0 bridgehead atoms. The molecule has 1 aliphatic heterocycles. The first-order valence-corrected chi connectivity index (χ1v) is 8.55. The average molecular weight is 349 g/mol. The van der Waals surface area contributed by atoms with Crippen molar-refractivity contribution < 1.29 is 17.3 Å². The fourth-order valence-electron chi connectivity index (χ4n) is 1.97. The van der Waals surface area contributed by atoms with Gasteiger partial charge in [-0.05, 0) is 49.9 Å². The van der Waals surface area contributed by atoms with Crippen molar-refractivity contribution in [2.45, 2.75) is 36.7 Å². The standard InChI is InChI=1S/C13H17BrO4S/c14-11-4-6-13(7-5-11)19(15,16)18-12-3-1-2-9-17-10-8-12/h4-7,12H,1-3,8-10H2. The van der Waals surface area contributed by atoms with Crippen LogP contribution in [0.4, 0.5) is 0 Å². The van der Waals surface area contributed by atoms with Crippen molar-refractivity contribution in [3.8, 4) is 0 Å². The molecule has 1 aromatic carbocycles. The summed E-state index contributed by atoms with van der Waals surface area (Å²) < 4.78 is 35.8. The first-order valence-electron chi connectivity index (χ1n) is 6.34. The molecule has 4 nitrogen and oxygen atoms in total. The van der Waals surface area contributed by atoms with Crippen molar-refractivity contribution in [1.82, 2.24) is 0 Å². The summed E-state index contributed by atoms with van der Waals surface area (Å²) in [6.45, 7) is 1.31. The minimum atomic E-state index is -3.68. The zero-order valence-corrected chi connectivity index (χ0v) is 13.0. The molecule has 0 aliphatic carbocycles. The number of ether oxygens (including phenoxy) is 1. The van der Waals surface area contributed by atoms with Gasteiger partial charge in [-0.2, -0.15) is 8.42 Å². The summed E-state index contributed by atoms with van der Waals surface area (Å²) in [5.74, 6) is 0. The van der Waals surface area contributed by atoms with E-state index < -0.39 is 10.1 Å². The Hall–Kier alpha value is -0.430. The van der Waals surface area contributed by atoms with Crippen molar-refractivity contribution in [2.24, 2.45) is 0 Å². The van der Waals surface area contributed by atoms with Crippen LogP contribution in [0, 0.1) is 0 Å². The third-order valence-corrected chi connectivity index (χ3v) is 4.92. The molecule has 0 amide bonds. The molecule has 0 radical (unpaired) electrons. The van der Waals surface area contributed by atoms with Gasteiger partial charge in [0.05, 0.1) is 11.0 Å². The highest BCUT2D eigenvalue weighted by molar-refractivity contribution is 9.10. The van der Waals surface area contributed by atoms with E-state index in [1.54, 1.807) is 24.3 Å². The zero-order valence-electron chi connectivity index (χ0n) is 10.5. The molecule has 1 saturated heterocycles. The fourth-order valence-corrected chi connectivity index (χ4v) is 3.37. The highest BCUT2D eigenvalue weighted by Crippen LogP contribution is 2.21. The molecule has 1 atom stereocenters. The average Bonchev–Trinajstić information content (AvgIpc) is 2.33. The number of hydrogen-bond donors (Lipinski definition) is 0. The lowest BCUT2D eigenvalue weighted by Crippen LogP contribution is -2.22. The van der Waals surface area contributed by atoms with Crippen LogP contribution in [-0.4, -0.2) is 27.7 Å². The van der Waals surface area contributed by atoms with Gasteiger partial charge < -0.3 is 4.74 Å². The van der Waals surface area contributed by atoms with Gasteiger partial charge in [-0.3, -0.25) is 4.18 Å². The van der Waals surface area contributed by atoms with Crippen molar-refractivity contribution in [3.63, 3.8) is 0 Å². The number of hydrogen-bond acceptors (Lipinski definition) is 4. The van der Waals surface area contributed by atoms with Crippen LogP contribution in [0.2, 0.25) is 0 Å². The molecule has 1 heterocycles. The van der Waals surface area contributed by atoms with E-state index >= 15 is 0 Å². The molecule has 1 fully saturated rings. The third kappa shape index (κ3) is 4.56. The van der Waals surface area contributed by atoms with Crippen LogP contribution in [0.25, 0.3) is 0 Å². The largest absolute Gasteiger partial charge is 0.381 e. The van der Waals surface area contributed by atoms with E-state index in [4.69, 9.17) is 8.92 Å². The molecule has 1 aliphatic rings. The predicted octanol–water partition coefficient (Wildman–Crippen LogP) is 3.11. The third-order valence-electron chi connectivity index (χ3n) is 3.01. The smallest absolute Gasteiger partial charge is 0.297 e. The van der Waals surface area contributed by atoms with Crippen LogP contribution in [0.1, 0.15) is 25.7 Å². The van der Waals surface area contributed by atoms with E-state index in [9.17, 15) is 8.42 Å². The molecule has 2 rings (SSSR count). The Kier molecular flexibility index (Phi) is 5.38. The van der Waals surface area contributed by atoms with E-state index in [0.717, 1.165) is 30.3 Å². The summed E-state index contributed by atoms with van der Waals surface area (Å²) in [5.41, 5.74) is 0. The molecule has 1 unspecified atom stereocenters. The fraction of sp³-hybridized carbons (Fsp3) is 0.538. The molecule has 1 aromatic rings. The normalized spacial score (nSPS) is 21.6. The summed E-state index contributed by atoms with van der Waals surface area (Å²) in [7, 11) is -3.68. The van der Waals surface area contributed by atoms with E-state index in [2.05, 4.69) is 15.9 Å². The number of benzene rings is 1. The SMILES string of the molecule is O=S(=O)(OC1CCCCOCC1)c1ccc(Br)cc1. The molecule has 6 heteroatoms. The minimum absolute atomic E-state index is 0.193. The molecule has 0 aromatic heterocycles. The second-order valence-electron chi connectivity index (χ2n) is 4.52. The Bertz CT molecular complexity index is 490. The van der Waals surface area contributed by atoms with Crippen LogP contribution in [0.3, 0.4) is 0 Å². The summed E-state index contributed by atoms with van der Waals surface area (Å²) in [4.78, 5) is 0.193. The lowest BCUT2D eigenvalue weighted by molar-refractivity contribution is 0.0699. The second kappa shape index (κ2) is 6.83. The van der Waals surface area contributed by atoms with Crippen molar-refractivity contribution >= 4 is 26.0 Å². The molecule has 0 spiro atoms. The van der Waals surface area contributed by atoms with Gasteiger partial charge in [-0.1, -0.05) is 15.9 Å². The van der Waals surface area contributed by atoms with E-state index in [-0.39, 0.29) is 11.0 Å². The lowest BCUT2D eigenvalue weighted by Gasteiger charge is -2.20. The molecule has 106 valence electrons. The van der Waals surface area contributed by atoms with Crippen LogP contribution < -0.4 is 0 Å². The number of rotatable bonds is 3. The van der Waals surface area contributed by atoms with Gasteiger partial charge in [-0.25, -0.2) is 0 Å². The quantitative estimate of drug-likeness (QED) is 0.787.